The average Bonchev–Trinajstić information content (AvgIpc) is 2.58. The number of nitrogens with zero attached hydrogens (tertiary/aromatic N) is 2. The SMILES string of the molecule is Cc1cc(=O)n(CC(=O)Nc2cccc(Cl)c2)c(-c2ccccc2)n1. The van der Waals surface area contributed by atoms with Gasteiger partial charge in [-0.3, -0.25) is 14.2 Å². The first-order chi connectivity index (χ1) is 12.0. The summed E-state index contributed by atoms with van der Waals surface area (Å²) in [6, 6.07) is 17.6. The van der Waals surface area contributed by atoms with Crippen LogP contribution in [-0.4, -0.2) is 15.5 Å². The Kier molecular flexibility index (Phi) is 4.95. The van der Waals surface area contributed by atoms with E-state index in [-0.39, 0.29) is 18.0 Å². The second-order valence-electron chi connectivity index (χ2n) is 5.57. The summed E-state index contributed by atoms with van der Waals surface area (Å²) in [4.78, 5) is 29.2. The van der Waals surface area contributed by atoms with E-state index in [4.69, 9.17) is 11.6 Å². The number of halogens is 1. The molecule has 0 fully saturated rings. The number of amides is 1. The molecular formula is C19H16ClN3O2. The van der Waals surface area contributed by atoms with Crippen molar-refractivity contribution in [3.8, 4) is 11.4 Å². The van der Waals surface area contributed by atoms with Gasteiger partial charge in [-0.05, 0) is 25.1 Å². The van der Waals surface area contributed by atoms with Gasteiger partial charge in [-0.25, -0.2) is 4.98 Å². The van der Waals surface area contributed by atoms with E-state index in [2.05, 4.69) is 10.3 Å². The maximum Gasteiger partial charge on any atom is 0.254 e. The summed E-state index contributed by atoms with van der Waals surface area (Å²) in [5.41, 5.74) is 1.69. The second-order valence-corrected chi connectivity index (χ2v) is 6.01. The molecule has 5 nitrogen and oxygen atoms in total. The maximum atomic E-state index is 12.4. The lowest BCUT2D eigenvalue weighted by atomic mass is 10.2. The Morgan fingerprint density at radius 2 is 1.88 bits per heavy atom. The molecule has 0 bridgehead atoms. The van der Waals surface area contributed by atoms with Crippen molar-refractivity contribution in [3.63, 3.8) is 0 Å². The van der Waals surface area contributed by atoms with Crippen molar-refractivity contribution < 1.29 is 4.79 Å². The van der Waals surface area contributed by atoms with E-state index in [9.17, 15) is 9.59 Å². The van der Waals surface area contributed by atoms with Gasteiger partial charge in [-0.15, -0.1) is 0 Å². The van der Waals surface area contributed by atoms with E-state index in [0.29, 0.717) is 22.2 Å². The molecule has 2 aromatic carbocycles. The number of aromatic nitrogens is 2. The Labute approximate surface area is 149 Å². The van der Waals surface area contributed by atoms with E-state index in [0.717, 1.165) is 5.56 Å². The fourth-order valence-corrected chi connectivity index (χ4v) is 2.68. The summed E-state index contributed by atoms with van der Waals surface area (Å²) in [5.74, 6) is 0.138. The van der Waals surface area contributed by atoms with Gasteiger partial charge in [0.05, 0.1) is 0 Å². The van der Waals surface area contributed by atoms with Crippen LogP contribution < -0.4 is 10.9 Å². The van der Waals surface area contributed by atoms with Crippen molar-refractivity contribution in [1.82, 2.24) is 9.55 Å². The quantitative estimate of drug-likeness (QED) is 0.780. The molecule has 0 spiro atoms. The monoisotopic (exact) mass is 353 g/mol. The van der Waals surface area contributed by atoms with Crippen molar-refractivity contribution in [2.45, 2.75) is 13.5 Å². The van der Waals surface area contributed by atoms with Gasteiger partial charge in [0.2, 0.25) is 5.91 Å². The fraction of sp³-hybridized carbons (Fsp3) is 0.105. The summed E-state index contributed by atoms with van der Waals surface area (Å²) in [7, 11) is 0. The van der Waals surface area contributed by atoms with Crippen LogP contribution in [0.25, 0.3) is 11.4 Å². The number of nitrogens with one attached hydrogen (secondary N) is 1. The Hall–Kier alpha value is -2.92. The molecule has 1 N–H and O–H groups in total. The van der Waals surface area contributed by atoms with Crippen molar-refractivity contribution in [2.75, 3.05) is 5.32 Å². The van der Waals surface area contributed by atoms with Crippen LogP contribution in [0.3, 0.4) is 0 Å². The number of hydrogen-bond acceptors (Lipinski definition) is 3. The zero-order valence-corrected chi connectivity index (χ0v) is 14.3. The van der Waals surface area contributed by atoms with Gasteiger partial charge in [-0.1, -0.05) is 48.0 Å². The molecule has 0 unspecified atom stereocenters. The van der Waals surface area contributed by atoms with Crippen LogP contribution in [0.4, 0.5) is 5.69 Å². The van der Waals surface area contributed by atoms with Crippen molar-refractivity contribution in [3.05, 3.63) is 81.7 Å². The first kappa shape index (κ1) is 16.9. The molecule has 1 heterocycles. The molecule has 0 aliphatic rings. The molecule has 3 rings (SSSR count). The molecule has 126 valence electrons. The third kappa shape index (κ3) is 4.14. The van der Waals surface area contributed by atoms with Gasteiger partial charge in [-0.2, -0.15) is 0 Å². The topological polar surface area (TPSA) is 64.0 Å². The highest BCUT2D eigenvalue weighted by Gasteiger charge is 2.13. The number of benzene rings is 2. The number of anilines is 1. The molecular weight excluding hydrogens is 338 g/mol. The minimum atomic E-state index is -0.327. The lowest BCUT2D eigenvalue weighted by molar-refractivity contribution is -0.116. The standard InChI is InChI=1S/C19H16ClN3O2/c1-13-10-18(25)23(19(21-13)14-6-3-2-4-7-14)12-17(24)22-16-9-5-8-15(20)11-16/h2-11H,12H2,1H3,(H,22,24). The summed E-state index contributed by atoms with van der Waals surface area (Å²) >= 11 is 5.92. The van der Waals surface area contributed by atoms with Crippen molar-refractivity contribution in [2.24, 2.45) is 0 Å². The highest BCUT2D eigenvalue weighted by molar-refractivity contribution is 6.30. The summed E-state index contributed by atoms with van der Waals surface area (Å²) in [5, 5.41) is 3.27. The van der Waals surface area contributed by atoms with Gasteiger partial charge >= 0.3 is 0 Å². The van der Waals surface area contributed by atoms with E-state index >= 15 is 0 Å². The number of rotatable bonds is 4. The highest BCUT2D eigenvalue weighted by Crippen LogP contribution is 2.17. The minimum Gasteiger partial charge on any atom is -0.324 e. The van der Waals surface area contributed by atoms with Crippen LogP contribution in [0.1, 0.15) is 5.69 Å². The Balaban J connectivity index is 1.92. The average molecular weight is 354 g/mol. The summed E-state index contributed by atoms with van der Waals surface area (Å²) in [6.45, 7) is 1.62. The smallest absolute Gasteiger partial charge is 0.254 e. The molecule has 0 radical (unpaired) electrons. The number of carbonyl (C=O) groups is 1. The largest absolute Gasteiger partial charge is 0.324 e. The van der Waals surface area contributed by atoms with E-state index < -0.39 is 0 Å². The minimum absolute atomic E-state index is 0.136. The fourth-order valence-electron chi connectivity index (χ4n) is 2.49. The second kappa shape index (κ2) is 7.32. The number of aryl methyl sites for hydroxylation is 1. The van der Waals surface area contributed by atoms with Crippen LogP contribution in [0, 0.1) is 6.92 Å². The number of carbonyl (C=O) groups excluding carboxylic acids is 1. The molecule has 6 heteroatoms. The van der Waals surface area contributed by atoms with Crippen LogP contribution in [-0.2, 0) is 11.3 Å². The summed E-state index contributed by atoms with van der Waals surface area (Å²) < 4.78 is 1.36. The van der Waals surface area contributed by atoms with Gasteiger partial charge in [0.25, 0.3) is 5.56 Å². The number of hydrogen-bond donors (Lipinski definition) is 1. The zero-order valence-electron chi connectivity index (χ0n) is 13.6. The van der Waals surface area contributed by atoms with Crippen LogP contribution >= 0.6 is 11.6 Å². The molecule has 0 aliphatic carbocycles. The van der Waals surface area contributed by atoms with E-state index in [1.54, 1.807) is 31.2 Å². The summed E-state index contributed by atoms with van der Waals surface area (Å²) in [6.07, 6.45) is 0. The normalized spacial score (nSPS) is 10.5. The van der Waals surface area contributed by atoms with Gasteiger partial charge < -0.3 is 5.32 Å². The zero-order chi connectivity index (χ0) is 17.8. The molecule has 0 saturated heterocycles. The molecule has 1 aromatic heterocycles. The first-order valence-corrected chi connectivity index (χ1v) is 8.10. The predicted molar refractivity (Wildman–Crippen MR) is 98.8 cm³/mol. The third-order valence-corrected chi connectivity index (χ3v) is 3.81. The lowest BCUT2D eigenvalue weighted by Gasteiger charge is -2.13. The van der Waals surface area contributed by atoms with Crippen LogP contribution in [0.2, 0.25) is 5.02 Å². The van der Waals surface area contributed by atoms with Gasteiger partial charge in [0, 0.05) is 28.0 Å². The molecule has 3 aromatic rings. The molecule has 0 aliphatic heterocycles. The Bertz CT molecular complexity index is 968. The van der Waals surface area contributed by atoms with Gasteiger partial charge in [0.1, 0.15) is 12.4 Å². The van der Waals surface area contributed by atoms with Crippen LogP contribution in [0.15, 0.2) is 65.5 Å². The molecule has 1 amide bonds. The van der Waals surface area contributed by atoms with Crippen LogP contribution in [0.5, 0.6) is 0 Å². The van der Waals surface area contributed by atoms with E-state index in [1.165, 1.54) is 10.6 Å². The van der Waals surface area contributed by atoms with Crippen molar-refractivity contribution >= 4 is 23.2 Å². The Morgan fingerprint density at radius 3 is 2.60 bits per heavy atom. The third-order valence-electron chi connectivity index (χ3n) is 3.58. The molecule has 25 heavy (non-hydrogen) atoms. The van der Waals surface area contributed by atoms with E-state index in [1.807, 2.05) is 30.3 Å². The van der Waals surface area contributed by atoms with Gasteiger partial charge in [0.15, 0.2) is 0 Å². The lowest BCUT2D eigenvalue weighted by Crippen LogP contribution is -2.29. The molecule has 0 atom stereocenters. The maximum absolute atomic E-state index is 12.4. The molecule has 0 saturated carbocycles. The highest BCUT2D eigenvalue weighted by atomic mass is 35.5. The van der Waals surface area contributed by atoms with Crippen molar-refractivity contribution in [1.29, 1.82) is 0 Å². The first-order valence-electron chi connectivity index (χ1n) is 7.72. The Morgan fingerprint density at radius 1 is 1.12 bits per heavy atom. The predicted octanol–water partition coefficient (Wildman–Crippen LogP) is 3.51.